The molecule has 0 fully saturated rings. The first-order valence-electron chi connectivity index (χ1n) is 5.91. The van der Waals surface area contributed by atoms with Crippen LogP contribution in [0.1, 0.15) is 11.6 Å². The van der Waals surface area contributed by atoms with Crippen LogP contribution >= 0.6 is 23.4 Å². The van der Waals surface area contributed by atoms with E-state index in [1.165, 1.54) is 4.90 Å². The van der Waals surface area contributed by atoms with E-state index in [4.69, 9.17) is 11.6 Å². The largest absolute Gasteiger partial charge is 0.312 e. The maximum atomic E-state index is 6.23. The molecule has 1 N–H and O–H groups in total. The molecule has 2 aromatic rings. The van der Waals surface area contributed by atoms with Crippen molar-refractivity contribution in [3.05, 3.63) is 65.2 Å². The molecule has 3 heteroatoms. The van der Waals surface area contributed by atoms with Crippen molar-refractivity contribution in [3.8, 4) is 0 Å². The summed E-state index contributed by atoms with van der Waals surface area (Å²) in [7, 11) is 1.97. The first-order chi connectivity index (χ1) is 8.81. The predicted octanol–water partition coefficient (Wildman–Crippen LogP) is 4.39. The molecule has 2 rings (SSSR count). The van der Waals surface area contributed by atoms with E-state index in [9.17, 15) is 0 Å². The summed E-state index contributed by atoms with van der Waals surface area (Å²) in [4.78, 5) is 1.28. The van der Waals surface area contributed by atoms with Crippen LogP contribution in [0.5, 0.6) is 0 Å². The molecule has 0 radical (unpaired) electrons. The van der Waals surface area contributed by atoms with Gasteiger partial charge in [-0.05, 0) is 30.8 Å². The Bertz CT molecular complexity index is 487. The Hall–Kier alpha value is -0.960. The molecule has 18 heavy (non-hydrogen) atoms. The normalized spacial score (nSPS) is 12.3. The van der Waals surface area contributed by atoms with Crippen molar-refractivity contribution in [2.45, 2.75) is 10.9 Å². The molecule has 94 valence electrons. The van der Waals surface area contributed by atoms with Crippen LogP contribution in [0, 0.1) is 0 Å². The molecule has 0 aliphatic heterocycles. The molecule has 0 amide bonds. The van der Waals surface area contributed by atoms with E-state index in [1.54, 1.807) is 0 Å². The summed E-state index contributed by atoms with van der Waals surface area (Å²) in [6, 6.07) is 18.7. The molecule has 0 aromatic heterocycles. The van der Waals surface area contributed by atoms with Crippen LogP contribution in [0.15, 0.2) is 59.5 Å². The highest BCUT2D eigenvalue weighted by Gasteiger charge is 2.12. The summed E-state index contributed by atoms with van der Waals surface area (Å²) >= 11 is 8.07. The Labute approximate surface area is 118 Å². The van der Waals surface area contributed by atoms with Crippen LogP contribution in [-0.2, 0) is 0 Å². The van der Waals surface area contributed by atoms with Crippen molar-refractivity contribution in [2.24, 2.45) is 0 Å². The van der Waals surface area contributed by atoms with Gasteiger partial charge in [0.05, 0.1) is 0 Å². The molecule has 1 unspecified atom stereocenters. The fraction of sp³-hybridized carbons (Fsp3) is 0.200. The maximum absolute atomic E-state index is 6.23. The SMILES string of the molecule is CNC(CSc1ccccc1)c1ccccc1Cl. The minimum Gasteiger partial charge on any atom is -0.312 e. The quantitative estimate of drug-likeness (QED) is 0.814. The zero-order valence-corrected chi connectivity index (χ0v) is 11.8. The first kappa shape index (κ1) is 13.5. The number of halogens is 1. The monoisotopic (exact) mass is 277 g/mol. The lowest BCUT2D eigenvalue weighted by Gasteiger charge is -2.17. The molecule has 0 aliphatic rings. The third-order valence-electron chi connectivity index (χ3n) is 2.79. The minimum atomic E-state index is 0.268. The molecule has 1 nitrogen and oxygen atoms in total. The third-order valence-corrected chi connectivity index (χ3v) is 4.24. The molecule has 0 heterocycles. The lowest BCUT2D eigenvalue weighted by molar-refractivity contribution is 0.662. The van der Waals surface area contributed by atoms with Crippen LogP contribution in [0.2, 0.25) is 5.02 Å². The molecular weight excluding hydrogens is 262 g/mol. The molecule has 0 aliphatic carbocycles. The van der Waals surface area contributed by atoms with Crippen LogP contribution < -0.4 is 5.32 Å². The molecule has 0 saturated heterocycles. The minimum absolute atomic E-state index is 0.268. The molecule has 0 saturated carbocycles. The van der Waals surface area contributed by atoms with Crippen molar-refractivity contribution in [1.82, 2.24) is 5.32 Å². The van der Waals surface area contributed by atoms with Gasteiger partial charge in [0.15, 0.2) is 0 Å². The molecule has 0 spiro atoms. The van der Waals surface area contributed by atoms with Crippen LogP contribution in [0.4, 0.5) is 0 Å². The van der Waals surface area contributed by atoms with Gasteiger partial charge in [0.1, 0.15) is 0 Å². The molecule has 1 atom stereocenters. The van der Waals surface area contributed by atoms with Crippen molar-refractivity contribution < 1.29 is 0 Å². The first-order valence-corrected chi connectivity index (χ1v) is 7.27. The number of hydrogen-bond donors (Lipinski definition) is 1. The summed E-state index contributed by atoms with van der Waals surface area (Å²) < 4.78 is 0. The van der Waals surface area contributed by atoms with Crippen molar-refractivity contribution in [3.63, 3.8) is 0 Å². The van der Waals surface area contributed by atoms with E-state index in [-0.39, 0.29) is 6.04 Å². The summed E-state index contributed by atoms with van der Waals surface area (Å²) in [5.74, 6) is 0.963. The Balaban J connectivity index is 2.04. The van der Waals surface area contributed by atoms with Gasteiger partial charge < -0.3 is 5.32 Å². The summed E-state index contributed by atoms with van der Waals surface area (Å²) in [6.07, 6.45) is 0. The summed E-state index contributed by atoms with van der Waals surface area (Å²) in [6.45, 7) is 0. The Morgan fingerprint density at radius 1 is 1.06 bits per heavy atom. The van der Waals surface area contributed by atoms with Gasteiger partial charge in [0.25, 0.3) is 0 Å². The average Bonchev–Trinajstić information content (AvgIpc) is 2.42. The second-order valence-electron chi connectivity index (χ2n) is 3.99. The van der Waals surface area contributed by atoms with Crippen molar-refractivity contribution in [1.29, 1.82) is 0 Å². The second-order valence-corrected chi connectivity index (χ2v) is 5.49. The van der Waals surface area contributed by atoms with Crippen LogP contribution in [0.3, 0.4) is 0 Å². The van der Waals surface area contributed by atoms with Crippen molar-refractivity contribution >= 4 is 23.4 Å². The van der Waals surface area contributed by atoms with Gasteiger partial charge in [0.2, 0.25) is 0 Å². The van der Waals surface area contributed by atoms with Gasteiger partial charge in [-0.3, -0.25) is 0 Å². The van der Waals surface area contributed by atoms with Gasteiger partial charge in [-0.2, -0.15) is 0 Å². The fourth-order valence-electron chi connectivity index (χ4n) is 1.78. The highest BCUT2D eigenvalue weighted by Crippen LogP contribution is 2.28. The second kappa shape index (κ2) is 6.83. The number of rotatable bonds is 5. The summed E-state index contributed by atoms with van der Waals surface area (Å²) in [5.41, 5.74) is 1.16. The average molecular weight is 278 g/mol. The third kappa shape index (κ3) is 3.52. The zero-order valence-electron chi connectivity index (χ0n) is 10.3. The van der Waals surface area contributed by atoms with E-state index in [0.29, 0.717) is 0 Å². The smallest absolute Gasteiger partial charge is 0.0454 e. The Kier molecular flexibility index (Phi) is 5.12. The highest BCUT2D eigenvalue weighted by molar-refractivity contribution is 7.99. The molecular formula is C15H16ClNS. The van der Waals surface area contributed by atoms with Crippen LogP contribution in [0.25, 0.3) is 0 Å². The maximum Gasteiger partial charge on any atom is 0.0454 e. The van der Waals surface area contributed by atoms with Gasteiger partial charge in [-0.25, -0.2) is 0 Å². The Morgan fingerprint density at radius 3 is 2.39 bits per heavy atom. The zero-order chi connectivity index (χ0) is 12.8. The standard InChI is InChI=1S/C15H16ClNS/c1-17-15(13-9-5-6-10-14(13)16)11-18-12-7-3-2-4-8-12/h2-10,15,17H,11H2,1H3. The van der Waals surface area contributed by atoms with E-state index in [1.807, 2.05) is 43.1 Å². The number of benzene rings is 2. The lowest BCUT2D eigenvalue weighted by atomic mass is 10.1. The summed E-state index contributed by atoms with van der Waals surface area (Å²) in [5, 5.41) is 4.15. The van der Waals surface area contributed by atoms with Gasteiger partial charge in [-0.1, -0.05) is 48.0 Å². The molecule has 2 aromatic carbocycles. The predicted molar refractivity (Wildman–Crippen MR) is 80.4 cm³/mol. The lowest BCUT2D eigenvalue weighted by Crippen LogP contribution is -2.19. The van der Waals surface area contributed by atoms with E-state index < -0.39 is 0 Å². The topological polar surface area (TPSA) is 12.0 Å². The molecule has 0 bridgehead atoms. The van der Waals surface area contributed by atoms with Crippen molar-refractivity contribution in [2.75, 3.05) is 12.8 Å². The number of hydrogen-bond acceptors (Lipinski definition) is 2. The van der Waals surface area contributed by atoms with E-state index in [2.05, 4.69) is 35.6 Å². The van der Waals surface area contributed by atoms with Crippen LogP contribution in [-0.4, -0.2) is 12.8 Å². The number of thioether (sulfide) groups is 1. The van der Waals surface area contributed by atoms with E-state index >= 15 is 0 Å². The highest BCUT2D eigenvalue weighted by atomic mass is 35.5. The van der Waals surface area contributed by atoms with Gasteiger partial charge in [-0.15, -0.1) is 11.8 Å². The fourth-order valence-corrected chi connectivity index (χ4v) is 3.10. The van der Waals surface area contributed by atoms with E-state index in [0.717, 1.165) is 16.3 Å². The van der Waals surface area contributed by atoms with Gasteiger partial charge >= 0.3 is 0 Å². The number of nitrogens with one attached hydrogen (secondary N) is 1. The van der Waals surface area contributed by atoms with Gasteiger partial charge in [0, 0.05) is 21.7 Å². The Morgan fingerprint density at radius 2 is 1.72 bits per heavy atom.